The van der Waals surface area contributed by atoms with Gasteiger partial charge >= 0.3 is 5.97 Å². The van der Waals surface area contributed by atoms with Crippen LogP contribution in [0.2, 0.25) is 0 Å². The van der Waals surface area contributed by atoms with E-state index in [1.54, 1.807) is 43.3 Å². The fourth-order valence-corrected chi connectivity index (χ4v) is 1.23. The second-order valence-electron chi connectivity index (χ2n) is 3.92. The molecule has 1 N–H and O–H groups in total. The van der Waals surface area contributed by atoms with Crippen molar-refractivity contribution in [2.45, 2.75) is 6.92 Å². The molecule has 1 aromatic rings. The number of esters is 1. The molecule has 0 unspecified atom stereocenters. The summed E-state index contributed by atoms with van der Waals surface area (Å²) in [6, 6.07) is 6.64. The molecule has 0 aliphatic rings. The van der Waals surface area contributed by atoms with E-state index in [0.29, 0.717) is 11.4 Å². The van der Waals surface area contributed by atoms with E-state index in [9.17, 15) is 9.59 Å². The normalized spacial score (nSPS) is 9.56. The molecule has 5 nitrogen and oxygen atoms in total. The molecule has 1 rings (SSSR count). The zero-order valence-corrected chi connectivity index (χ0v) is 11.4. The van der Waals surface area contributed by atoms with Gasteiger partial charge in [-0.25, -0.2) is 0 Å². The van der Waals surface area contributed by atoms with Gasteiger partial charge in [-0.3, -0.25) is 14.5 Å². The van der Waals surface area contributed by atoms with E-state index in [1.807, 2.05) is 0 Å². The SMILES string of the molecule is CC(=O)Nc1ccc(OC(=O)CN(C)C)cc1.Cl. The summed E-state index contributed by atoms with van der Waals surface area (Å²) < 4.78 is 5.09. The first kappa shape index (κ1) is 16.4. The number of amides is 1. The Morgan fingerprint density at radius 1 is 1.22 bits per heavy atom. The third-order valence-corrected chi connectivity index (χ3v) is 1.85. The Morgan fingerprint density at radius 3 is 2.22 bits per heavy atom. The van der Waals surface area contributed by atoms with Crippen LogP contribution >= 0.6 is 12.4 Å². The predicted octanol–water partition coefficient (Wildman–Crippen LogP) is 1.53. The van der Waals surface area contributed by atoms with Gasteiger partial charge in [-0.15, -0.1) is 12.4 Å². The second kappa shape index (κ2) is 7.68. The van der Waals surface area contributed by atoms with Gasteiger partial charge in [-0.1, -0.05) is 0 Å². The van der Waals surface area contributed by atoms with Crippen molar-refractivity contribution in [1.29, 1.82) is 0 Å². The topological polar surface area (TPSA) is 58.6 Å². The van der Waals surface area contributed by atoms with Crippen LogP contribution in [-0.2, 0) is 9.59 Å². The summed E-state index contributed by atoms with van der Waals surface area (Å²) in [6.45, 7) is 1.67. The van der Waals surface area contributed by atoms with Crippen molar-refractivity contribution < 1.29 is 14.3 Å². The molecule has 1 amide bonds. The number of carbonyl (C=O) groups is 2. The number of anilines is 1. The van der Waals surface area contributed by atoms with E-state index in [4.69, 9.17) is 4.74 Å². The maximum Gasteiger partial charge on any atom is 0.325 e. The zero-order valence-electron chi connectivity index (χ0n) is 10.6. The van der Waals surface area contributed by atoms with Crippen molar-refractivity contribution >= 4 is 30.0 Å². The number of benzene rings is 1. The number of halogens is 1. The van der Waals surface area contributed by atoms with Crippen molar-refractivity contribution in [3.05, 3.63) is 24.3 Å². The average Bonchev–Trinajstić information content (AvgIpc) is 2.18. The lowest BCUT2D eigenvalue weighted by molar-refractivity contribution is -0.135. The predicted molar refractivity (Wildman–Crippen MR) is 72.2 cm³/mol. The number of rotatable bonds is 4. The summed E-state index contributed by atoms with van der Waals surface area (Å²) in [7, 11) is 3.59. The van der Waals surface area contributed by atoms with Crippen LogP contribution in [0.1, 0.15) is 6.92 Å². The summed E-state index contributed by atoms with van der Waals surface area (Å²) in [5, 5.41) is 2.63. The minimum atomic E-state index is -0.317. The number of hydrogen-bond acceptors (Lipinski definition) is 4. The lowest BCUT2D eigenvalue weighted by atomic mass is 10.3. The minimum absolute atomic E-state index is 0. The average molecular weight is 273 g/mol. The van der Waals surface area contributed by atoms with Crippen molar-refractivity contribution in [3.63, 3.8) is 0 Å². The lowest BCUT2D eigenvalue weighted by Gasteiger charge is -2.09. The van der Waals surface area contributed by atoms with Crippen molar-refractivity contribution in [2.75, 3.05) is 26.0 Å². The summed E-state index contributed by atoms with van der Waals surface area (Å²) >= 11 is 0. The van der Waals surface area contributed by atoms with E-state index in [-0.39, 0.29) is 30.8 Å². The van der Waals surface area contributed by atoms with Crippen LogP contribution in [0.25, 0.3) is 0 Å². The van der Waals surface area contributed by atoms with Crippen LogP contribution in [0.15, 0.2) is 24.3 Å². The Balaban J connectivity index is 0.00000289. The molecule has 0 aromatic heterocycles. The van der Waals surface area contributed by atoms with Crippen molar-refractivity contribution in [2.24, 2.45) is 0 Å². The number of ether oxygens (including phenoxy) is 1. The van der Waals surface area contributed by atoms with Gasteiger partial charge in [-0.2, -0.15) is 0 Å². The Morgan fingerprint density at radius 2 is 1.78 bits per heavy atom. The molecule has 0 aliphatic carbocycles. The van der Waals surface area contributed by atoms with Crippen LogP contribution in [0.4, 0.5) is 5.69 Å². The highest BCUT2D eigenvalue weighted by atomic mass is 35.5. The van der Waals surface area contributed by atoms with Gasteiger partial charge in [0.2, 0.25) is 5.91 Å². The minimum Gasteiger partial charge on any atom is -0.426 e. The van der Waals surface area contributed by atoms with E-state index in [0.717, 1.165) is 0 Å². The van der Waals surface area contributed by atoms with Gasteiger partial charge in [0.1, 0.15) is 5.75 Å². The molecule has 0 bridgehead atoms. The molecule has 0 atom stereocenters. The van der Waals surface area contributed by atoms with Crippen LogP contribution < -0.4 is 10.1 Å². The lowest BCUT2D eigenvalue weighted by Crippen LogP contribution is -2.25. The molecule has 0 saturated carbocycles. The third kappa shape index (κ3) is 6.22. The molecule has 6 heteroatoms. The molecular formula is C12H17ClN2O3. The van der Waals surface area contributed by atoms with Crippen LogP contribution in [-0.4, -0.2) is 37.4 Å². The highest BCUT2D eigenvalue weighted by Crippen LogP contribution is 2.15. The summed E-state index contributed by atoms with van der Waals surface area (Å²) in [5.74, 6) is 0.00980. The molecule has 0 spiro atoms. The second-order valence-corrected chi connectivity index (χ2v) is 3.92. The largest absolute Gasteiger partial charge is 0.426 e. The van der Waals surface area contributed by atoms with Gasteiger partial charge < -0.3 is 10.1 Å². The highest BCUT2D eigenvalue weighted by Gasteiger charge is 2.06. The van der Waals surface area contributed by atoms with Gasteiger partial charge in [0.25, 0.3) is 0 Å². The maximum atomic E-state index is 11.4. The zero-order chi connectivity index (χ0) is 12.8. The molecule has 0 saturated heterocycles. The molecule has 1 aromatic carbocycles. The molecule has 100 valence electrons. The fourth-order valence-electron chi connectivity index (χ4n) is 1.23. The number of likely N-dealkylation sites (N-methyl/N-ethyl adjacent to an activating group) is 1. The van der Waals surface area contributed by atoms with E-state index in [2.05, 4.69) is 5.32 Å². The first-order valence-electron chi connectivity index (χ1n) is 5.20. The molecule has 0 aliphatic heterocycles. The van der Waals surface area contributed by atoms with Crippen LogP contribution in [0.5, 0.6) is 5.75 Å². The first-order valence-corrected chi connectivity index (χ1v) is 5.20. The van der Waals surface area contributed by atoms with E-state index in [1.165, 1.54) is 6.92 Å². The Bertz CT molecular complexity index is 404. The number of nitrogens with one attached hydrogen (secondary N) is 1. The Labute approximate surface area is 113 Å². The third-order valence-electron chi connectivity index (χ3n) is 1.85. The van der Waals surface area contributed by atoms with Crippen LogP contribution in [0, 0.1) is 0 Å². The van der Waals surface area contributed by atoms with E-state index >= 15 is 0 Å². The maximum absolute atomic E-state index is 11.4. The van der Waals surface area contributed by atoms with Crippen molar-refractivity contribution in [1.82, 2.24) is 4.90 Å². The number of nitrogens with zero attached hydrogens (tertiary/aromatic N) is 1. The van der Waals surface area contributed by atoms with Gasteiger partial charge in [-0.05, 0) is 38.4 Å². The van der Waals surface area contributed by atoms with Gasteiger partial charge in [0.15, 0.2) is 0 Å². The molecule has 18 heavy (non-hydrogen) atoms. The molecule has 0 fully saturated rings. The van der Waals surface area contributed by atoms with E-state index < -0.39 is 0 Å². The highest BCUT2D eigenvalue weighted by molar-refractivity contribution is 5.88. The Kier molecular flexibility index (Phi) is 7.00. The molecule has 0 radical (unpaired) electrons. The number of carbonyl (C=O) groups excluding carboxylic acids is 2. The fraction of sp³-hybridized carbons (Fsp3) is 0.333. The van der Waals surface area contributed by atoms with Gasteiger partial charge in [0.05, 0.1) is 6.54 Å². The van der Waals surface area contributed by atoms with Gasteiger partial charge in [0, 0.05) is 12.6 Å². The smallest absolute Gasteiger partial charge is 0.325 e. The molecule has 0 heterocycles. The standard InChI is InChI=1S/C12H16N2O3.ClH/c1-9(15)13-10-4-6-11(7-5-10)17-12(16)8-14(2)3;/h4-7H,8H2,1-3H3,(H,13,15);1H. The van der Waals surface area contributed by atoms with Crippen molar-refractivity contribution in [3.8, 4) is 5.75 Å². The monoisotopic (exact) mass is 272 g/mol. The summed E-state index contributed by atoms with van der Waals surface area (Å²) in [5.41, 5.74) is 0.671. The molecular weight excluding hydrogens is 256 g/mol. The summed E-state index contributed by atoms with van der Waals surface area (Å²) in [6.07, 6.45) is 0. The first-order chi connectivity index (χ1) is 7.97. The van der Waals surface area contributed by atoms with Crippen LogP contribution in [0.3, 0.4) is 0 Å². The summed E-state index contributed by atoms with van der Waals surface area (Å²) in [4.78, 5) is 23.9. The number of hydrogen-bond donors (Lipinski definition) is 1. The quantitative estimate of drug-likeness (QED) is 0.667. The Hall–Kier alpha value is -1.59.